The van der Waals surface area contributed by atoms with Crippen molar-refractivity contribution in [3.05, 3.63) is 53.0 Å². The average Bonchev–Trinajstić information content (AvgIpc) is 3.13. The zero-order valence-electron chi connectivity index (χ0n) is 15.8. The van der Waals surface area contributed by atoms with Crippen molar-refractivity contribution < 1.29 is 19.1 Å². The Kier molecular flexibility index (Phi) is 5.27. The minimum absolute atomic E-state index is 0.0976. The highest BCUT2D eigenvalue weighted by molar-refractivity contribution is 9.10. The van der Waals surface area contributed by atoms with Gasteiger partial charge in [0.05, 0.1) is 23.8 Å². The molecule has 7 nitrogen and oxygen atoms in total. The topological polar surface area (TPSA) is 79.0 Å². The molecule has 0 aromatic heterocycles. The van der Waals surface area contributed by atoms with E-state index < -0.39 is 12.0 Å². The fraction of sp³-hybridized carbons (Fsp3) is 0.286. The van der Waals surface area contributed by atoms with Gasteiger partial charge < -0.3 is 19.9 Å². The summed E-state index contributed by atoms with van der Waals surface area (Å²) in [7, 11) is 1.53. The largest absolute Gasteiger partial charge is 0.477 e. The summed E-state index contributed by atoms with van der Waals surface area (Å²) in [6, 6.07) is 14.6. The minimum atomic E-state index is -0.796. The zero-order chi connectivity index (χ0) is 20.5. The van der Waals surface area contributed by atoms with E-state index in [1.165, 1.54) is 7.05 Å². The van der Waals surface area contributed by atoms with Crippen LogP contribution in [0.25, 0.3) is 0 Å². The van der Waals surface area contributed by atoms with E-state index in [9.17, 15) is 14.4 Å². The number of hydrogen-bond donors (Lipinski definition) is 1. The summed E-state index contributed by atoms with van der Waals surface area (Å²) >= 11 is 3.47. The molecule has 29 heavy (non-hydrogen) atoms. The Balaban J connectivity index is 1.60. The van der Waals surface area contributed by atoms with Crippen LogP contribution < -0.4 is 19.9 Å². The van der Waals surface area contributed by atoms with Gasteiger partial charge in [-0.15, -0.1) is 0 Å². The molecule has 2 atom stereocenters. The summed E-state index contributed by atoms with van der Waals surface area (Å²) < 4.78 is 6.57. The molecule has 0 bridgehead atoms. The lowest BCUT2D eigenvalue weighted by Crippen LogP contribution is -2.51. The number of hydrogen-bond acceptors (Lipinski definition) is 4. The van der Waals surface area contributed by atoms with Gasteiger partial charge in [0.2, 0.25) is 11.8 Å². The normalized spacial score (nSPS) is 20.8. The first-order chi connectivity index (χ1) is 14.0. The Hall–Kier alpha value is -2.87. The number of ether oxygens (including phenoxy) is 1. The van der Waals surface area contributed by atoms with Crippen molar-refractivity contribution in [1.82, 2.24) is 5.32 Å². The molecule has 1 fully saturated rings. The number of carbonyl (C=O) groups excluding carboxylic acids is 3. The van der Waals surface area contributed by atoms with Crippen LogP contribution in [-0.4, -0.2) is 44.0 Å². The zero-order valence-corrected chi connectivity index (χ0v) is 17.4. The molecule has 8 heteroatoms. The van der Waals surface area contributed by atoms with Gasteiger partial charge in [-0.2, -0.15) is 0 Å². The summed E-state index contributed by atoms with van der Waals surface area (Å²) in [6.07, 6.45) is -0.667. The van der Waals surface area contributed by atoms with Gasteiger partial charge in [-0.25, -0.2) is 0 Å². The van der Waals surface area contributed by atoms with E-state index in [-0.39, 0.29) is 30.7 Å². The number of carbonyl (C=O) groups is 3. The van der Waals surface area contributed by atoms with Crippen LogP contribution in [0.3, 0.4) is 0 Å². The summed E-state index contributed by atoms with van der Waals surface area (Å²) in [6.45, 7) is 0.402. The average molecular weight is 458 g/mol. The predicted octanol–water partition coefficient (Wildman–Crippen LogP) is 2.34. The van der Waals surface area contributed by atoms with Gasteiger partial charge in [-0.1, -0.05) is 24.3 Å². The number of fused-ring (bicyclic) bond motifs is 1. The third-order valence-electron chi connectivity index (χ3n) is 5.20. The number of rotatable bonds is 3. The Labute approximate surface area is 176 Å². The monoisotopic (exact) mass is 457 g/mol. The highest BCUT2D eigenvalue weighted by atomic mass is 79.9. The first-order valence-corrected chi connectivity index (χ1v) is 10.1. The van der Waals surface area contributed by atoms with E-state index in [0.29, 0.717) is 18.0 Å². The second-order valence-electron chi connectivity index (χ2n) is 6.99. The first kappa shape index (κ1) is 19.4. The molecule has 2 heterocycles. The maximum absolute atomic E-state index is 13.4. The number of likely N-dealkylation sites (N-methyl/N-ethyl adjacent to an activating group) is 1. The van der Waals surface area contributed by atoms with Crippen molar-refractivity contribution in [3.63, 3.8) is 0 Å². The highest BCUT2D eigenvalue weighted by Gasteiger charge is 2.41. The van der Waals surface area contributed by atoms with E-state index in [4.69, 9.17) is 4.74 Å². The van der Waals surface area contributed by atoms with Crippen LogP contribution in [0.15, 0.2) is 53.0 Å². The van der Waals surface area contributed by atoms with Crippen LogP contribution in [0, 0.1) is 5.92 Å². The number of amides is 3. The SMILES string of the molecule is CNC(=O)C1CN(C(=O)C2CC(=O)N(c3ccccc3Br)C2)c2ccccc2O1. The Bertz CT molecular complexity index is 980. The molecule has 1 saturated heterocycles. The number of para-hydroxylation sites is 3. The Morgan fingerprint density at radius 3 is 2.48 bits per heavy atom. The van der Waals surface area contributed by atoms with E-state index in [2.05, 4.69) is 21.2 Å². The van der Waals surface area contributed by atoms with Crippen molar-refractivity contribution in [1.29, 1.82) is 0 Å². The van der Waals surface area contributed by atoms with Gasteiger partial charge in [0.15, 0.2) is 6.10 Å². The summed E-state index contributed by atoms with van der Waals surface area (Å²) in [4.78, 5) is 41.4. The second-order valence-corrected chi connectivity index (χ2v) is 7.85. The van der Waals surface area contributed by atoms with Crippen LogP contribution in [0.4, 0.5) is 11.4 Å². The molecule has 2 unspecified atom stereocenters. The standard InChI is InChI=1S/C21H20BrN3O4/c1-23-20(27)18-12-25(16-8-4-5-9-17(16)29-18)21(28)13-10-19(26)24(11-13)15-7-3-2-6-14(15)22/h2-9,13,18H,10-12H2,1H3,(H,23,27). The van der Waals surface area contributed by atoms with Crippen molar-refractivity contribution in [3.8, 4) is 5.75 Å². The van der Waals surface area contributed by atoms with Gasteiger partial charge in [0.1, 0.15) is 5.75 Å². The van der Waals surface area contributed by atoms with Gasteiger partial charge in [0.25, 0.3) is 5.91 Å². The number of nitrogens with one attached hydrogen (secondary N) is 1. The smallest absolute Gasteiger partial charge is 0.262 e. The van der Waals surface area contributed by atoms with Gasteiger partial charge in [-0.05, 0) is 40.2 Å². The number of anilines is 2. The van der Waals surface area contributed by atoms with E-state index in [0.717, 1.165) is 10.2 Å². The number of halogens is 1. The summed E-state index contributed by atoms with van der Waals surface area (Å²) in [5.74, 6) is -0.592. The first-order valence-electron chi connectivity index (χ1n) is 9.33. The molecule has 150 valence electrons. The molecule has 0 radical (unpaired) electrons. The predicted molar refractivity (Wildman–Crippen MR) is 112 cm³/mol. The van der Waals surface area contributed by atoms with E-state index in [1.54, 1.807) is 28.0 Å². The second kappa shape index (κ2) is 7.87. The lowest BCUT2D eigenvalue weighted by molar-refractivity contribution is -0.128. The quantitative estimate of drug-likeness (QED) is 0.766. The van der Waals surface area contributed by atoms with Gasteiger partial charge >= 0.3 is 0 Å². The summed E-state index contributed by atoms with van der Waals surface area (Å²) in [5.41, 5.74) is 1.36. The molecule has 0 aliphatic carbocycles. The lowest BCUT2D eigenvalue weighted by Gasteiger charge is -2.35. The fourth-order valence-corrected chi connectivity index (χ4v) is 4.24. The molecule has 1 N–H and O–H groups in total. The lowest BCUT2D eigenvalue weighted by atomic mass is 10.0. The van der Waals surface area contributed by atoms with Crippen LogP contribution in [0.5, 0.6) is 5.75 Å². The van der Waals surface area contributed by atoms with Gasteiger partial charge in [-0.3, -0.25) is 14.4 Å². The van der Waals surface area contributed by atoms with E-state index >= 15 is 0 Å². The third-order valence-corrected chi connectivity index (χ3v) is 5.87. The van der Waals surface area contributed by atoms with Crippen molar-refractivity contribution in [2.75, 3.05) is 29.9 Å². The number of benzene rings is 2. The molecule has 0 saturated carbocycles. The van der Waals surface area contributed by atoms with Crippen LogP contribution in [-0.2, 0) is 14.4 Å². The highest BCUT2D eigenvalue weighted by Crippen LogP contribution is 2.37. The molecule has 0 spiro atoms. The minimum Gasteiger partial charge on any atom is -0.477 e. The molecular formula is C21H20BrN3O4. The molecular weight excluding hydrogens is 438 g/mol. The fourth-order valence-electron chi connectivity index (χ4n) is 3.74. The molecule has 2 aliphatic heterocycles. The van der Waals surface area contributed by atoms with Gasteiger partial charge in [0, 0.05) is 24.5 Å². The molecule has 4 rings (SSSR count). The maximum atomic E-state index is 13.4. The Morgan fingerprint density at radius 1 is 1.07 bits per heavy atom. The van der Waals surface area contributed by atoms with Crippen molar-refractivity contribution in [2.45, 2.75) is 12.5 Å². The molecule has 3 amide bonds. The van der Waals surface area contributed by atoms with E-state index in [1.807, 2.05) is 30.3 Å². The molecule has 2 aromatic rings. The molecule has 2 aromatic carbocycles. The summed E-state index contributed by atoms with van der Waals surface area (Å²) in [5, 5.41) is 2.57. The van der Waals surface area contributed by atoms with Crippen LogP contribution in [0.2, 0.25) is 0 Å². The van der Waals surface area contributed by atoms with Crippen molar-refractivity contribution in [2.24, 2.45) is 5.92 Å². The van der Waals surface area contributed by atoms with Crippen LogP contribution >= 0.6 is 15.9 Å². The maximum Gasteiger partial charge on any atom is 0.262 e. The van der Waals surface area contributed by atoms with Crippen LogP contribution in [0.1, 0.15) is 6.42 Å². The number of nitrogens with zero attached hydrogens (tertiary/aromatic N) is 2. The van der Waals surface area contributed by atoms with Crippen molar-refractivity contribution >= 4 is 45.0 Å². The third kappa shape index (κ3) is 3.60. The molecule has 2 aliphatic rings. The Morgan fingerprint density at radius 2 is 1.76 bits per heavy atom.